The van der Waals surface area contributed by atoms with Crippen LogP contribution in [-0.2, 0) is 6.42 Å². The molecule has 0 aliphatic carbocycles. The molecule has 3 heteroatoms. The highest BCUT2D eigenvalue weighted by Crippen LogP contribution is 2.21. The maximum atomic E-state index is 5.55. The lowest BCUT2D eigenvalue weighted by Gasteiger charge is -2.10. The Morgan fingerprint density at radius 3 is 3.36 bits per heavy atom. The number of fused-ring (bicyclic) bond motifs is 1. The summed E-state index contributed by atoms with van der Waals surface area (Å²) in [5.74, 6) is 0. The predicted octanol–water partition coefficient (Wildman–Crippen LogP) is 1.05. The van der Waals surface area contributed by atoms with Gasteiger partial charge in [-0.3, -0.25) is 4.99 Å². The second-order valence-corrected chi connectivity index (χ2v) is 3.47. The Morgan fingerprint density at radius 1 is 1.64 bits per heavy atom. The van der Waals surface area contributed by atoms with Crippen LogP contribution in [-0.4, -0.2) is 18.8 Å². The number of nitrogens with zero attached hydrogens (tertiary/aromatic N) is 1. The molecule has 0 saturated carbocycles. The molecule has 0 spiro atoms. The topological polar surface area (TPSA) is 38.4 Å². The molecular formula is C8H10N2S. The smallest absolute Gasteiger partial charge is 0.0658 e. The number of thiophene rings is 1. The third-order valence-corrected chi connectivity index (χ3v) is 2.89. The number of hydrogen-bond donors (Lipinski definition) is 1. The fourth-order valence-electron chi connectivity index (χ4n) is 1.33. The van der Waals surface area contributed by atoms with Crippen molar-refractivity contribution in [2.24, 2.45) is 10.7 Å². The minimum absolute atomic E-state index is 0.577. The SMILES string of the molecule is NCC1=NCCc2ccsc21. The van der Waals surface area contributed by atoms with Crippen LogP contribution in [0.15, 0.2) is 16.4 Å². The van der Waals surface area contributed by atoms with Gasteiger partial charge in [0.2, 0.25) is 0 Å². The first-order chi connectivity index (χ1) is 5.42. The molecule has 11 heavy (non-hydrogen) atoms. The predicted molar refractivity (Wildman–Crippen MR) is 48.5 cm³/mol. The number of aliphatic imine (C=N–C) groups is 1. The summed E-state index contributed by atoms with van der Waals surface area (Å²) in [6.07, 6.45) is 1.09. The van der Waals surface area contributed by atoms with E-state index < -0.39 is 0 Å². The van der Waals surface area contributed by atoms with Gasteiger partial charge in [0.1, 0.15) is 0 Å². The molecule has 2 nitrogen and oxygen atoms in total. The van der Waals surface area contributed by atoms with E-state index in [1.807, 2.05) is 0 Å². The molecule has 1 aliphatic heterocycles. The largest absolute Gasteiger partial charge is 0.325 e. The minimum atomic E-state index is 0.577. The van der Waals surface area contributed by atoms with Crippen LogP contribution < -0.4 is 5.73 Å². The molecule has 0 bridgehead atoms. The van der Waals surface area contributed by atoms with Crippen molar-refractivity contribution in [3.05, 3.63) is 21.9 Å². The van der Waals surface area contributed by atoms with Crippen molar-refractivity contribution in [2.75, 3.05) is 13.1 Å². The van der Waals surface area contributed by atoms with E-state index in [9.17, 15) is 0 Å². The van der Waals surface area contributed by atoms with Crippen molar-refractivity contribution in [1.29, 1.82) is 0 Å². The number of nitrogens with two attached hydrogens (primary N) is 1. The van der Waals surface area contributed by atoms with Crippen LogP contribution in [0.3, 0.4) is 0 Å². The summed E-state index contributed by atoms with van der Waals surface area (Å²) in [4.78, 5) is 5.67. The molecule has 2 rings (SSSR count). The van der Waals surface area contributed by atoms with E-state index in [4.69, 9.17) is 5.73 Å². The molecule has 1 aromatic rings. The summed E-state index contributed by atoms with van der Waals surface area (Å²) >= 11 is 1.75. The first kappa shape index (κ1) is 7.00. The van der Waals surface area contributed by atoms with Crippen molar-refractivity contribution >= 4 is 17.0 Å². The normalized spacial score (nSPS) is 15.9. The highest BCUT2D eigenvalue weighted by Gasteiger charge is 2.12. The molecule has 58 valence electrons. The lowest BCUT2D eigenvalue weighted by molar-refractivity contribution is 0.944. The fraction of sp³-hybridized carbons (Fsp3) is 0.375. The van der Waals surface area contributed by atoms with Crippen molar-refractivity contribution in [3.8, 4) is 0 Å². The molecule has 0 aromatic carbocycles. The van der Waals surface area contributed by atoms with E-state index in [1.165, 1.54) is 10.4 Å². The lowest BCUT2D eigenvalue weighted by atomic mass is 10.1. The van der Waals surface area contributed by atoms with Crippen molar-refractivity contribution in [1.82, 2.24) is 0 Å². The average Bonchev–Trinajstić information content (AvgIpc) is 2.50. The van der Waals surface area contributed by atoms with Gasteiger partial charge in [-0.1, -0.05) is 0 Å². The van der Waals surface area contributed by atoms with E-state index in [1.54, 1.807) is 11.3 Å². The van der Waals surface area contributed by atoms with Gasteiger partial charge in [0.05, 0.1) is 10.6 Å². The molecule has 1 aromatic heterocycles. The molecular weight excluding hydrogens is 156 g/mol. The van der Waals surface area contributed by atoms with Crippen LogP contribution in [0.25, 0.3) is 0 Å². The second-order valence-electron chi connectivity index (χ2n) is 2.56. The van der Waals surface area contributed by atoms with Crippen LogP contribution in [0, 0.1) is 0 Å². The van der Waals surface area contributed by atoms with Crippen molar-refractivity contribution in [3.63, 3.8) is 0 Å². The van der Waals surface area contributed by atoms with E-state index in [-0.39, 0.29) is 0 Å². The van der Waals surface area contributed by atoms with Crippen LogP contribution in [0.4, 0.5) is 0 Å². The molecule has 0 amide bonds. The Bertz CT molecular complexity index is 288. The summed E-state index contributed by atoms with van der Waals surface area (Å²) in [6.45, 7) is 1.49. The fourth-order valence-corrected chi connectivity index (χ4v) is 2.30. The summed E-state index contributed by atoms with van der Waals surface area (Å²) in [7, 11) is 0. The Morgan fingerprint density at radius 2 is 2.55 bits per heavy atom. The Balaban J connectivity index is 2.45. The Kier molecular flexibility index (Phi) is 1.75. The van der Waals surface area contributed by atoms with Gasteiger partial charge in [-0.25, -0.2) is 0 Å². The molecule has 1 aliphatic rings. The quantitative estimate of drug-likeness (QED) is 0.665. The molecule has 0 saturated heterocycles. The van der Waals surface area contributed by atoms with Gasteiger partial charge in [0, 0.05) is 13.1 Å². The van der Waals surface area contributed by atoms with Gasteiger partial charge in [0.15, 0.2) is 0 Å². The second kappa shape index (κ2) is 2.75. The first-order valence-corrected chi connectivity index (χ1v) is 4.60. The molecule has 2 heterocycles. The highest BCUT2D eigenvalue weighted by molar-refractivity contribution is 7.12. The standard InChI is InChI=1S/C8H10N2S/c9-5-7-8-6(1-3-10-7)2-4-11-8/h2,4H,1,3,5,9H2. The Labute approximate surface area is 69.8 Å². The van der Waals surface area contributed by atoms with Crippen LogP contribution >= 0.6 is 11.3 Å². The van der Waals surface area contributed by atoms with Crippen molar-refractivity contribution < 1.29 is 0 Å². The minimum Gasteiger partial charge on any atom is -0.325 e. The summed E-state index contributed by atoms with van der Waals surface area (Å²) in [5, 5.41) is 2.11. The summed E-state index contributed by atoms with van der Waals surface area (Å²) in [5.41, 5.74) is 8.06. The van der Waals surface area contributed by atoms with Gasteiger partial charge < -0.3 is 5.73 Å². The van der Waals surface area contributed by atoms with Gasteiger partial charge in [-0.05, 0) is 23.4 Å². The van der Waals surface area contributed by atoms with E-state index in [2.05, 4.69) is 16.4 Å². The van der Waals surface area contributed by atoms with Gasteiger partial charge in [0.25, 0.3) is 0 Å². The highest BCUT2D eigenvalue weighted by atomic mass is 32.1. The zero-order valence-electron chi connectivity index (χ0n) is 6.21. The monoisotopic (exact) mass is 166 g/mol. The van der Waals surface area contributed by atoms with Gasteiger partial charge >= 0.3 is 0 Å². The molecule has 0 radical (unpaired) electrons. The van der Waals surface area contributed by atoms with E-state index in [0.29, 0.717) is 6.54 Å². The molecule has 0 unspecified atom stereocenters. The average molecular weight is 166 g/mol. The summed E-state index contributed by atoms with van der Waals surface area (Å²) < 4.78 is 0. The molecule has 0 fully saturated rings. The number of rotatable bonds is 1. The number of hydrogen-bond acceptors (Lipinski definition) is 3. The van der Waals surface area contributed by atoms with Gasteiger partial charge in [-0.15, -0.1) is 11.3 Å². The lowest BCUT2D eigenvalue weighted by Crippen LogP contribution is -2.19. The third kappa shape index (κ3) is 1.10. The first-order valence-electron chi connectivity index (χ1n) is 3.72. The maximum absolute atomic E-state index is 5.55. The van der Waals surface area contributed by atoms with Gasteiger partial charge in [-0.2, -0.15) is 0 Å². The van der Waals surface area contributed by atoms with Crippen LogP contribution in [0.1, 0.15) is 10.4 Å². The summed E-state index contributed by atoms with van der Waals surface area (Å²) in [6, 6.07) is 2.17. The maximum Gasteiger partial charge on any atom is 0.0658 e. The zero-order valence-corrected chi connectivity index (χ0v) is 7.03. The van der Waals surface area contributed by atoms with Crippen LogP contribution in [0.2, 0.25) is 0 Å². The molecule has 2 N–H and O–H groups in total. The molecule has 0 atom stereocenters. The van der Waals surface area contributed by atoms with E-state index in [0.717, 1.165) is 18.7 Å². The van der Waals surface area contributed by atoms with Crippen LogP contribution in [0.5, 0.6) is 0 Å². The Hall–Kier alpha value is -0.670. The zero-order chi connectivity index (χ0) is 7.68. The van der Waals surface area contributed by atoms with Crippen molar-refractivity contribution in [2.45, 2.75) is 6.42 Å². The third-order valence-electron chi connectivity index (χ3n) is 1.89. The van der Waals surface area contributed by atoms with E-state index >= 15 is 0 Å².